The van der Waals surface area contributed by atoms with Gasteiger partial charge in [-0.05, 0) is 46.6 Å². The Hall–Kier alpha value is -2.02. The van der Waals surface area contributed by atoms with Crippen LogP contribution >= 0.6 is 15.9 Å². The summed E-state index contributed by atoms with van der Waals surface area (Å²) in [5.41, 5.74) is 0.715. The highest BCUT2D eigenvalue weighted by Gasteiger charge is 2.10. The van der Waals surface area contributed by atoms with Gasteiger partial charge in [-0.15, -0.1) is 0 Å². The number of carboxylic acid groups (broad SMARTS) is 1. The van der Waals surface area contributed by atoms with Crippen LogP contribution in [0.3, 0.4) is 0 Å². The molecule has 1 aromatic rings. The summed E-state index contributed by atoms with van der Waals surface area (Å²) in [7, 11) is 1.53. The molecule has 114 valence electrons. The van der Waals surface area contributed by atoms with Crippen molar-refractivity contribution in [2.45, 2.75) is 6.92 Å². The number of methoxy groups -OCH3 is 1. The molecule has 0 aliphatic carbocycles. The highest BCUT2D eigenvalue weighted by Crippen LogP contribution is 2.36. The highest BCUT2D eigenvalue weighted by molar-refractivity contribution is 9.10. The van der Waals surface area contributed by atoms with Gasteiger partial charge in [0.2, 0.25) is 5.91 Å². The van der Waals surface area contributed by atoms with E-state index in [0.29, 0.717) is 28.1 Å². The maximum absolute atomic E-state index is 11.4. The Morgan fingerprint density at radius 2 is 2.14 bits per heavy atom. The number of nitrogens with one attached hydrogen (secondary N) is 1. The normalized spacial score (nSPS) is 10.4. The third-order valence-electron chi connectivity index (χ3n) is 2.38. The molecule has 0 fully saturated rings. The van der Waals surface area contributed by atoms with Gasteiger partial charge < -0.3 is 19.9 Å². The molecule has 0 saturated carbocycles. The predicted octanol–water partition coefficient (Wildman–Crippen LogP) is 2.07. The lowest BCUT2D eigenvalue weighted by atomic mass is 10.2. The van der Waals surface area contributed by atoms with E-state index in [9.17, 15) is 9.59 Å². The second kappa shape index (κ2) is 8.31. The van der Waals surface area contributed by atoms with Gasteiger partial charge in [0, 0.05) is 6.08 Å². The van der Waals surface area contributed by atoms with Gasteiger partial charge in [0.15, 0.2) is 11.5 Å². The number of carbonyl (C=O) groups is 2. The van der Waals surface area contributed by atoms with Crippen molar-refractivity contribution >= 4 is 33.9 Å². The van der Waals surface area contributed by atoms with Gasteiger partial charge in [0.05, 0.1) is 18.2 Å². The molecule has 0 saturated heterocycles. The number of halogens is 1. The Balaban J connectivity index is 2.86. The standard InChI is InChI=1S/C14H16BrNO5/c1-3-21-14-10(15)6-9(7-11(14)20-2)4-5-12(17)16-8-13(18)19/h4-7H,3,8H2,1-2H3,(H,16,17)(H,18,19)/b5-4+. The first-order valence-electron chi connectivity index (χ1n) is 6.16. The quantitative estimate of drug-likeness (QED) is 0.729. The Morgan fingerprint density at radius 1 is 1.43 bits per heavy atom. The lowest BCUT2D eigenvalue weighted by Crippen LogP contribution is -2.27. The van der Waals surface area contributed by atoms with E-state index in [1.54, 1.807) is 18.2 Å². The predicted molar refractivity (Wildman–Crippen MR) is 81.5 cm³/mol. The molecule has 1 rings (SSSR count). The molecular weight excluding hydrogens is 342 g/mol. The van der Waals surface area contributed by atoms with Crippen LogP contribution in [0.2, 0.25) is 0 Å². The molecule has 0 heterocycles. The van der Waals surface area contributed by atoms with Crippen molar-refractivity contribution in [3.8, 4) is 11.5 Å². The summed E-state index contributed by atoms with van der Waals surface area (Å²) in [5.74, 6) is -0.451. The highest BCUT2D eigenvalue weighted by atomic mass is 79.9. The van der Waals surface area contributed by atoms with Gasteiger partial charge in [-0.1, -0.05) is 0 Å². The summed E-state index contributed by atoms with van der Waals surface area (Å²) in [5, 5.41) is 10.7. The lowest BCUT2D eigenvalue weighted by Gasteiger charge is -2.12. The topological polar surface area (TPSA) is 84.9 Å². The van der Waals surface area contributed by atoms with Gasteiger partial charge in [0.1, 0.15) is 6.54 Å². The molecule has 0 bridgehead atoms. The van der Waals surface area contributed by atoms with Crippen LogP contribution in [0.4, 0.5) is 0 Å². The molecule has 1 amide bonds. The van der Waals surface area contributed by atoms with Gasteiger partial charge in [-0.25, -0.2) is 0 Å². The Morgan fingerprint density at radius 3 is 2.71 bits per heavy atom. The average molecular weight is 358 g/mol. The van der Waals surface area contributed by atoms with Crippen LogP contribution in [0, 0.1) is 0 Å². The minimum Gasteiger partial charge on any atom is -0.493 e. The average Bonchev–Trinajstić information content (AvgIpc) is 2.45. The molecule has 0 aliphatic rings. The maximum atomic E-state index is 11.4. The summed E-state index contributed by atoms with van der Waals surface area (Å²) >= 11 is 3.38. The van der Waals surface area contributed by atoms with E-state index < -0.39 is 18.4 Å². The third-order valence-corrected chi connectivity index (χ3v) is 2.97. The van der Waals surface area contributed by atoms with Crippen molar-refractivity contribution in [1.29, 1.82) is 0 Å². The molecule has 1 aromatic carbocycles. The molecule has 21 heavy (non-hydrogen) atoms. The van der Waals surface area contributed by atoms with Crippen LogP contribution in [-0.2, 0) is 9.59 Å². The lowest BCUT2D eigenvalue weighted by molar-refractivity contribution is -0.137. The van der Waals surface area contributed by atoms with Crippen molar-refractivity contribution < 1.29 is 24.2 Å². The van der Waals surface area contributed by atoms with Crippen molar-refractivity contribution in [3.63, 3.8) is 0 Å². The number of rotatable bonds is 7. The Bertz CT molecular complexity index is 557. The second-order valence-corrected chi connectivity index (χ2v) is 4.77. The number of amides is 1. The molecule has 6 nitrogen and oxygen atoms in total. The van der Waals surface area contributed by atoms with E-state index in [4.69, 9.17) is 14.6 Å². The van der Waals surface area contributed by atoms with Crippen molar-refractivity contribution in [2.75, 3.05) is 20.3 Å². The molecule has 0 unspecified atom stereocenters. The van der Waals surface area contributed by atoms with E-state index in [-0.39, 0.29) is 0 Å². The molecule has 7 heteroatoms. The second-order valence-electron chi connectivity index (χ2n) is 3.91. The van der Waals surface area contributed by atoms with Crippen LogP contribution in [0.1, 0.15) is 12.5 Å². The molecule has 0 aliphatic heterocycles. The van der Waals surface area contributed by atoms with Crippen LogP contribution in [0.15, 0.2) is 22.7 Å². The van der Waals surface area contributed by atoms with Crippen LogP contribution < -0.4 is 14.8 Å². The zero-order valence-electron chi connectivity index (χ0n) is 11.7. The van der Waals surface area contributed by atoms with E-state index in [1.165, 1.54) is 13.2 Å². The fourth-order valence-electron chi connectivity index (χ4n) is 1.51. The van der Waals surface area contributed by atoms with E-state index in [0.717, 1.165) is 0 Å². The van der Waals surface area contributed by atoms with Crippen LogP contribution in [-0.4, -0.2) is 37.2 Å². The fourth-order valence-corrected chi connectivity index (χ4v) is 2.09. The minimum atomic E-state index is -1.10. The number of hydrogen-bond acceptors (Lipinski definition) is 4. The number of benzene rings is 1. The molecular formula is C14H16BrNO5. The third kappa shape index (κ3) is 5.47. The zero-order chi connectivity index (χ0) is 15.8. The molecule has 0 aromatic heterocycles. The summed E-state index contributed by atoms with van der Waals surface area (Å²) in [6, 6.07) is 3.49. The van der Waals surface area contributed by atoms with E-state index >= 15 is 0 Å². The molecule has 0 atom stereocenters. The molecule has 2 N–H and O–H groups in total. The SMILES string of the molecule is CCOc1c(Br)cc(/C=C/C(=O)NCC(=O)O)cc1OC. The van der Waals surface area contributed by atoms with Gasteiger partial charge >= 0.3 is 5.97 Å². The number of carbonyl (C=O) groups excluding carboxylic acids is 1. The van der Waals surface area contributed by atoms with Gasteiger partial charge in [-0.3, -0.25) is 9.59 Å². The first kappa shape index (κ1) is 17.0. The Kier molecular flexibility index (Phi) is 6.74. The summed E-state index contributed by atoms with van der Waals surface area (Å²) < 4.78 is 11.4. The van der Waals surface area contributed by atoms with Crippen molar-refractivity contribution in [2.24, 2.45) is 0 Å². The van der Waals surface area contributed by atoms with Crippen LogP contribution in [0.5, 0.6) is 11.5 Å². The van der Waals surface area contributed by atoms with E-state index in [1.807, 2.05) is 6.92 Å². The fraction of sp³-hybridized carbons (Fsp3) is 0.286. The van der Waals surface area contributed by atoms with E-state index in [2.05, 4.69) is 21.2 Å². The summed E-state index contributed by atoms with van der Waals surface area (Å²) in [6.45, 7) is 1.95. The van der Waals surface area contributed by atoms with Gasteiger partial charge in [-0.2, -0.15) is 0 Å². The monoisotopic (exact) mass is 357 g/mol. The molecule has 0 radical (unpaired) electrons. The number of carboxylic acids is 1. The Labute approximate surface area is 130 Å². The van der Waals surface area contributed by atoms with Crippen molar-refractivity contribution in [1.82, 2.24) is 5.32 Å². The van der Waals surface area contributed by atoms with Crippen LogP contribution in [0.25, 0.3) is 6.08 Å². The first-order chi connectivity index (χ1) is 9.97. The number of aliphatic carboxylic acids is 1. The minimum absolute atomic E-state index is 0.417. The smallest absolute Gasteiger partial charge is 0.322 e. The van der Waals surface area contributed by atoms with Crippen molar-refractivity contribution in [3.05, 3.63) is 28.2 Å². The summed E-state index contributed by atoms with van der Waals surface area (Å²) in [4.78, 5) is 21.7. The molecule has 0 spiro atoms. The zero-order valence-corrected chi connectivity index (χ0v) is 13.3. The maximum Gasteiger partial charge on any atom is 0.322 e. The largest absolute Gasteiger partial charge is 0.493 e. The number of hydrogen-bond donors (Lipinski definition) is 2. The first-order valence-corrected chi connectivity index (χ1v) is 6.95. The summed E-state index contributed by atoms with van der Waals surface area (Å²) in [6.07, 6.45) is 2.81. The number of ether oxygens (including phenoxy) is 2. The van der Waals surface area contributed by atoms with Gasteiger partial charge in [0.25, 0.3) is 0 Å².